The Morgan fingerprint density at radius 2 is 2.00 bits per heavy atom. The number of rotatable bonds is 4. The Morgan fingerprint density at radius 3 is 2.59 bits per heavy atom. The van der Waals surface area contributed by atoms with Crippen LogP contribution in [0.1, 0.15) is 26.3 Å². The van der Waals surface area contributed by atoms with E-state index in [9.17, 15) is 0 Å². The molecular weight excluding hydrogens is 282 g/mol. The van der Waals surface area contributed by atoms with Gasteiger partial charge in [0.15, 0.2) is 0 Å². The van der Waals surface area contributed by atoms with Crippen LogP contribution in [-0.4, -0.2) is 18.8 Å². The van der Waals surface area contributed by atoms with Crippen LogP contribution < -0.4 is 4.74 Å². The second-order valence-electron chi connectivity index (χ2n) is 4.56. The Balaban J connectivity index is 2.50. The van der Waals surface area contributed by atoms with Gasteiger partial charge in [-0.1, -0.05) is 15.9 Å². The van der Waals surface area contributed by atoms with Gasteiger partial charge in [-0.2, -0.15) is 5.26 Å². The fourth-order valence-electron chi connectivity index (χ4n) is 1.21. The molecule has 0 aliphatic rings. The van der Waals surface area contributed by atoms with Gasteiger partial charge in [0.2, 0.25) is 0 Å². The molecule has 0 N–H and O–H groups in total. The molecule has 17 heavy (non-hydrogen) atoms. The highest BCUT2D eigenvalue weighted by Gasteiger charge is 2.10. The molecule has 3 nitrogen and oxygen atoms in total. The smallest absolute Gasteiger partial charge is 0.137 e. The van der Waals surface area contributed by atoms with E-state index in [-0.39, 0.29) is 5.60 Å². The molecule has 0 aliphatic heterocycles. The van der Waals surface area contributed by atoms with Crippen molar-refractivity contribution in [2.45, 2.75) is 26.4 Å². The second kappa shape index (κ2) is 6.04. The summed E-state index contributed by atoms with van der Waals surface area (Å²) in [4.78, 5) is 0. The first-order chi connectivity index (χ1) is 7.92. The molecule has 0 aliphatic carbocycles. The van der Waals surface area contributed by atoms with Crippen molar-refractivity contribution >= 4 is 15.9 Å². The van der Waals surface area contributed by atoms with E-state index in [1.165, 1.54) is 0 Å². The lowest BCUT2D eigenvalue weighted by atomic mass is 10.2. The fourth-order valence-corrected chi connectivity index (χ4v) is 1.58. The van der Waals surface area contributed by atoms with Gasteiger partial charge in [-0.3, -0.25) is 0 Å². The van der Waals surface area contributed by atoms with Crippen molar-refractivity contribution in [3.05, 3.63) is 28.2 Å². The van der Waals surface area contributed by atoms with Crippen LogP contribution in [0.5, 0.6) is 5.75 Å². The number of ether oxygens (including phenoxy) is 2. The van der Waals surface area contributed by atoms with Gasteiger partial charge >= 0.3 is 0 Å². The first kappa shape index (κ1) is 14.0. The van der Waals surface area contributed by atoms with Crippen LogP contribution in [0.15, 0.2) is 22.7 Å². The van der Waals surface area contributed by atoms with Crippen molar-refractivity contribution in [1.82, 2.24) is 0 Å². The summed E-state index contributed by atoms with van der Waals surface area (Å²) in [5.74, 6) is 0.591. The summed E-state index contributed by atoms with van der Waals surface area (Å²) in [5.41, 5.74) is 0.358. The highest BCUT2D eigenvalue weighted by Crippen LogP contribution is 2.22. The summed E-state index contributed by atoms with van der Waals surface area (Å²) >= 11 is 3.31. The monoisotopic (exact) mass is 297 g/mol. The second-order valence-corrected chi connectivity index (χ2v) is 5.48. The molecule has 0 atom stereocenters. The van der Waals surface area contributed by atoms with Crippen LogP contribution in [0.3, 0.4) is 0 Å². The fraction of sp³-hybridized carbons (Fsp3) is 0.462. The molecule has 0 fully saturated rings. The van der Waals surface area contributed by atoms with Crippen LogP contribution >= 0.6 is 15.9 Å². The van der Waals surface area contributed by atoms with E-state index in [4.69, 9.17) is 14.7 Å². The van der Waals surface area contributed by atoms with Gasteiger partial charge in [-0.25, -0.2) is 0 Å². The third-order valence-corrected chi connectivity index (χ3v) is 2.43. The predicted octanol–water partition coefficient (Wildman–Crippen LogP) is 3.51. The zero-order valence-electron chi connectivity index (χ0n) is 10.3. The molecule has 0 radical (unpaired) electrons. The highest BCUT2D eigenvalue weighted by molar-refractivity contribution is 9.10. The van der Waals surface area contributed by atoms with Gasteiger partial charge in [0.25, 0.3) is 0 Å². The largest absolute Gasteiger partial charge is 0.490 e. The third kappa shape index (κ3) is 5.20. The van der Waals surface area contributed by atoms with E-state index < -0.39 is 0 Å². The van der Waals surface area contributed by atoms with Crippen molar-refractivity contribution < 1.29 is 9.47 Å². The topological polar surface area (TPSA) is 42.2 Å². The van der Waals surface area contributed by atoms with E-state index >= 15 is 0 Å². The average molecular weight is 298 g/mol. The third-order valence-electron chi connectivity index (χ3n) is 1.94. The molecule has 0 saturated carbocycles. The van der Waals surface area contributed by atoms with E-state index in [2.05, 4.69) is 22.0 Å². The van der Waals surface area contributed by atoms with Gasteiger partial charge in [0.1, 0.15) is 18.4 Å². The zero-order chi connectivity index (χ0) is 12.9. The molecule has 0 amide bonds. The van der Waals surface area contributed by atoms with Crippen LogP contribution in [0.4, 0.5) is 0 Å². The summed E-state index contributed by atoms with van der Waals surface area (Å²) in [6.45, 7) is 6.92. The Hall–Kier alpha value is -1.05. The molecule has 0 unspecified atom stereocenters. The summed E-state index contributed by atoms with van der Waals surface area (Å²) in [6.07, 6.45) is 0. The van der Waals surface area contributed by atoms with Gasteiger partial charge in [0, 0.05) is 4.47 Å². The standard InChI is InChI=1S/C13H16BrNO2/c1-13(2,3)17-7-6-16-12-5-4-11(14)8-10(12)9-15/h4-5,8H,6-7H2,1-3H3. The maximum atomic E-state index is 8.95. The molecular formula is C13H16BrNO2. The molecule has 92 valence electrons. The van der Waals surface area contributed by atoms with Crippen molar-refractivity contribution in [3.63, 3.8) is 0 Å². The molecule has 0 aromatic heterocycles. The lowest BCUT2D eigenvalue weighted by Crippen LogP contribution is -2.22. The normalized spacial score (nSPS) is 11.0. The number of nitriles is 1. The number of benzene rings is 1. The number of hydrogen-bond acceptors (Lipinski definition) is 3. The number of halogens is 1. The Bertz CT molecular complexity index is 418. The van der Waals surface area contributed by atoms with E-state index in [0.717, 1.165) is 4.47 Å². The van der Waals surface area contributed by atoms with Gasteiger partial charge in [-0.05, 0) is 39.0 Å². The first-order valence-electron chi connectivity index (χ1n) is 5.39. The molecule has 4 heteroatoms. The zero-order valence-corrected chi connectivity index (χ0v) is 11.9. The molecule has 0 saturated heterocycles. The number of hydrogen-bond donors (Lipinski definition) is 0. The van der Waals surface area contributed by atoms with Crippen molar-refractivity contribution in [3.8, 4) is 11.8 Å². The predicted molar refractivity (Wildman–Crippen MR) is 70.1 cm³/mol. The van der Waals surface area contributed by atoms with E-state index in [0.29, 0.717) is 24.5 Å². The van der Waals surface area contributed by atoms with E-state index in [1.54, 1.807) is 12.1 Å². The Morgan fingerprint density at radius 1 is 1.29 bits per heavy atom. The van der Waals surface area contributed by atoms with Gasteiger partial charge in [0.05, 0.1) is 17.8 Å². The Kier molecular flexibility index (Phi) is 4.98. The molecule has 1 rings (SSSR count). The Labute approximate surface area is 110 Å². The van der Waals surface area contributed by atoms with Gasteiger partial charge in [-0.15, -0.1) is 0 Å². The van der Waals surface area contributed by atoms with Crippen LogP contribution in [0.25, 0.3) is 0 Å². The lowest BCUT2D eigenvalue weighted by Gasteiger charge is -2.19. The summed E-state index contributed by atoms with van der Waals surface area (Å²) in [5, 5.41) is 8.95. The summed E-state index contributed by atoms with van der Waals surface area (Å²) in [6, 6.07) is 7.46. The molecule has 1 aromatic carbocycles. The highest BCUT2D eigenvalue weighted by atomic mass is 79.9. The van der Waals surface area contributed by atoms with Crippen molar-refractivity contribution in [1.29, 1.82) is 5.26 Å². The summed E-state index contributed by atoms with van der Waals surface area (Å²) in [7, 11) is 0. The van der Waals surface area contributed by atoms with Gasteiger partial charge < -0.3 is 9.47 Å². The SMILES string of the molecule is CC(C)(C)OCCOc1ccc(Br)cc1C#N. The maximum Gasteiger partial charge on any atom is 0.137 e. The quantitative estimate of drug-likeness (QED) is 0.799. The van der Waals surface area contributed by atoms with Crippen LogP contribution in [0.2, 0.25) is 0 Å². The molecule has 0 heterocycles. The lowest BCUT2D eigenvalue weighted by molar-refractivity contribution is -0.0163. The minimum atomic E-state index is -0.166. The van der Waals surface area contributed by atoms with Crippen molar-refractivity contribution in [2.24, 2.45) is 0 Å². The summed E-state index contributed by atoms with van der Waals surface area (Å²) < 4.78 is 11.9. The number of nitrogens with zero attached hydrogens (tertiary/aromatic N) is 1. The maximum absolute atomic E-state index is 8.95. The molecule has 0 spiro atoms. The van der Waals surface area contributed by atoms with E-state index in [1.807, 2.05) is 26.8 Å². The molecule has 0 bridgehead atoms. The first-order valence-corrected chi connectivity index (χ1v) is 6.18. The minimum absolute atomic E-state index is 0.166. The molecule has 1 aromatic rings. The van der Waals surface area contributed by atoms with Crippen LogP contribution in [-0.2, 0) is 4.74 Å². The van der Waals surface area contributed by atoms with Crippen LogP contribution in [0, 0.1) is 11.3 Å². The van der Waals surface area contributed by atoms with Crippen molar-refractivity contribution in [2.75, 3.05) is 13.2 Å². The average Bonchev–Trinajstić information content (AvgIpc) is 2.24. The minimum Gasteiger partial charge on any atom is -0.490 e.